The maximum absolute atomic E-state index is 3.92. The van der Waals surface area contributed by atoms with Gasteiger partial charge in [-0.15, -0.1) is 0 Å². The lowest BCUT2D eigenvalue weighted by Crippen LogP contribution is -2.39. The summed E-state index contributed by atoms with van der Waals surface area (Å²) in [4.78, 5) is 0. The van der Waals surface area contributed by atoms with Crippen molar-refractivity contribution in [2.24, 2.45) is 0 Å². The molecule has 8 aromatic rings. The van der Waals surface area contributed by atoms with Gasteiger partial charge in [-0.25, -0.2) is 0 Å². The van der Waals surface area contributed by atoms with Gasteiger partial charge in [-0.05, 0) is 83.6 Å². The monoisotopic (exact) mass is 588 g/mol. The average Bonchev–Trinajstić information content (AvgIpc) is 3.14. The van der Waals surface area contributed by atoms with Crippen LogP contribution in [0, 0.1) is 0 Å². The first-order chi connectivity index (χ1) is 22.8. The quantitative estimate of drug-likeness (QED) is 0.158. The van der Waals surface area contributed by atoms with E-state index in [0.717, 1.165) is 5.70 Å². The molecular formula is C44H32N2. The van der Waals surface area contributed by atoms with Gasteiger partial charge in [0, 0.05) is 11.3 Å². The first-order valence-electron chi connectivity index (χ1n) is 16.0. The van der Waals surface area contributed by atoms with E-state index in [2.05, 4.69) is 181 Å². The largest absolute Gasteiger partial charge is 0.366 e. The van der Waals surface area contributed by atoms with Gasteiger partial charge in [-0.3, -0.25) is 5.32 Å². The molecule has 0 bridgehead atoms. The van der Waals surface area contributed by atoms with E-state index in [1.807, 2.05) is 0 Å². The maximum Gasteiger partial charge on any atom is 0.104 e. The van der Waals surface area contributed by atoms with Crippen molar-refractivity contribution in [1.82, 2.24) is 10.6 Å². The van der Waals surface area contributed by atoms with Gasteiger partial charge in [0.2, 0.25) is 0 Å². The van der Waals surface area contributed by atoms with Crippen molar-refractivity contribution in [2.75, 3.05) is 0 Å². The number of fused-ring (bicyclic) bond motifs is 5. The highest BCUT2D eigenvalue weighted by Gasteiger charge is 2.26. The van der Waals surface area contributed by atoms with Crippen LogP contribution in [0.1, 0.15) is 28.9 Å². The Balaban J connectivity index is 1.20. The van der Waals surface area contributed by atoms with Gasteiger partial charge < -0.3 is 5.32 Å². The van der Waals surface area contributed by atoms with Crippen molar-refractivity contribution in [1.29, 1.82) is 0 Å². The molecule has 2 heteroatoms. The highest BCUT2D eigenvalue weighted by atomic mass is 15.2. The molecule has 9 rings (SSSR count). The standard InChI is InChI=1S/C44H32N2/c1-2-12-33(13-3-1)44-45-41(32-21-18-30(19-22-32)35-23-20-29-10-4-5-14-34(29)26-35)28-42(46-44)43-38-17-9-7-15-36(38)27-40-37-16-8-6-11-31(37)24-25-39(40)43/h1-28,41,44-46H. The van der Waals surface area contributed by atoms with Crippen LogP contribution in [0.4, 0.5) is 0 Å². The van der Waals surface area contributed by atoms with Gasteiger partial charge in [0.25, 0.3) is 0 Å². The molecule has 2 atom stereocenters. The molecule has 0 aromatic heterocycles. The van der Waals surface area contributed by atoms with Crippen molar-refractivity contribution in [3.63, 3.8) is 0 Å². The zero-order valence-corrected chi connectivity index (χ0v) is 25.3. The van der Waals surface area contributed by atoms with Gasteiger partial charge in [0.05, 0.1) is 6.04 Å². The highest BCUT2D eigenvalue weighted by Crippen LogP contribution is 2.39. The molecule has 2 N–H and O–H groups in total. The number of benzene rings is 8. The second-order valence-electron chi connectivity index (χ2n) is 12.3. The van der Waals surface area contributed by atoms with E-state index < -0.39 is 0 Å². The Morgan fingerprint density at radius 2 is 1.04 bits per heavy atom. The van der Waals surface area contributed by atoms with E-state index in [9.17, 15) is 0 Å². The molecule has 0 radical (unpaired) electrons. The third-order valence-electron chi connectivity index (χ3n) is 9.50. The van der Waals surface area contributed by atoms with Crippen LogP contribution < -0.4 is 10.6 Å². The molecule has 0 saturated carbocycles. The van der Waals surface area contributed by atoms with Crippen LogP contribution in [0.5, 0.6) is 0 Å². The molecule has 218 valence electrons. The van der Waals surface area contributed by atoms with Gasteiger partial charge in [0.1, 0.15) is 6.17 Å². The summed E-state index contributed by atoms with van der Waals surface area (Å²) >= 11 is 0. The van der Waals surface area contributed by atoms with Crippen molar-refractivity contribution in [2.45, 2.75) is 12.2 Å². The Morgan fingerprint density at radius 3 is 1.87 bits per heavy atom. The first kappa shape index (κ1) is 26.7. The lowest BCUT2D eigenvalue weighted by molar-refractivity contribution is 0.443. The SMILES string of the molecule is C1=C(c2c3ccccc3cc3c2ccc2ccccc23)NC(c2ccccc2)NC1c1ccc(-c2ccc3ccccc3c2)cc1. The predicted molar refractivity (Wildman–Crippen MR) is 195 cm³/mol. The first-order valence-corrected chi connectivity index (χ1v) is 16.0. The molecule has 2 nitrogen and oxygen atoms in total. The minimum atomic E-state index is -0.0548. The van der Waals surface area contributed by atoms with E-state index >= 15 is 0 Å². The van der Waals surface area contributed by atoms with E-state index in [1.165, 1.54) is 70.9 Å². The fraction of sp³-hybridized carbons (Fsp3) is 0.0455. The summed E-state index contributed by atoms with van der Waals surface area (Å²) in [7, 11) is 0. The molecule has 0 amide bonds. The molecule has 0 saturated heterocycles. The molecule has 46 heavy (non-hydrogen) atoms. The molecule has 2 unspecified atom stereocenters. The third-order valence-corrected chi connectivity index (χ3v) is 9.50. The van der Waals surface area contributed by atoms with Crippen LogP contribution in [0.3, 0.4) is 0 Å². The van der Waals surface area contributed by atoms with Crippen LogP contribution in [0.15, 0.2) is 170 Å². The average molecular weight is 589 g/mol. The Labute approximate surface area is 268 Å². The van der Waals surface area contributed by atoms with Crippen LogP contribution >= 0.6 is 0 Å². The lowest BCUT2D eigenvalue weighted by atomic mass is 9.89. The second kappa shape index (κ2) is 11.0. The Kier molecular flexibility index (Phi) is 6.40. The summed E-state index contributed by atoms with van der Waals surface area (Å²) in [6, 6.07) is 59.5. The van der Waals surface area contributed by atoms with E-state index in [4.69, 9.17) is 0 Å². The summed E-state index contributed by atoms with van der Waals surface area (Å²) in [6.45, 7) is 0. The lowest BCUT2D eigenvalue weighted by Gasteiger charge is -2.34. The molecule has 8 aromatic carbocycles. The second-order valence-corrected chi connectivity index (χ2v) is 12.3. The molecule has 1 aliphatic heterocycles. The highest BCUT2D eigenvalue weighted by molar-refractivity contribution is 6.17. The Morgan fingerprint density at radius 1 is 0.391 bits per heavy atom. The van der Waals surface area contributed by atoms with Crippen LogP contribution in [-0.2, 0) is 0 Å². The van der Waals surface area contributed by atoms with E-state index in [1.54, 1.807) is 0 Å². The minimum absolute atomic E-state index is 0.0154. The van der Waals surface area contributed by atoms with Crippen LogP contribution in [0.2, 0.25) is 0 Å². The molecule has 1 heterocycles. The topological polar surface area (TPSA) is 24.1 Å². The van der Waals surface area contributed by atoms with E-state index in [-0.39, 0.29) is 12.2 Å². The number of hydrogen-bond donors (Lipinski definition) is 2. The normalized spacial score (nSPS) is 16.5. The molecule has 0 aliphatic carbocycles. The Hall–Kier alpha value is -5.70. The Bertz CT molecular complexity index is 2420. The van der Waals surface area contributed by atoms with Gasteiger partial charge >= 0.3 is 0 Å². The van der Waals surface area contributed by atoms with Crippen LogP contribution in [-0.4, -0.2) is 0 Å². The van der Waals surface area contributed by atoms with Gasteiger partial charge in [-0.2, -0.15) is 0 Å². The summed E-state index contributed by atoms with van der Waals surface area (Å²) in [5.74, 6) is 0. The van der Waals surface area contributed by atoms with E-state index in [0.29, 0.717) is 0 Å². The van der Waals surface area contributed by atoms with Crippen molar-refractivity contribution >= 4 is 48.8 Å². The van der Waals surface area contributed by atoms with Gasteiger partial charge in [0.15, 0.2) is 0 Å². The number of nitrogens with one attached hydrogen (secondary N) is 2. The summed E-state index contributed by atoms with van der Waals surface area (Å²) in [5.41, 5.74) is 7.29. The zero-order valence-electron chi connectivity index (χ0n) is 25.3. The fourth-order valence-electron chi connectivity index (χ4n) is 7.17. The molecule has 0 fully saturated rings. The summed E-state index contributed by atoms with van der Waals surface area (Å²) < 4.78 is 0. The third kappa shape index (κ3) is 4.63. The van der Waals surface area contributed by atoms with Gasteiger partial charge in [-0.1, -0.05) is 152 Å². The minimum Gasteiger partial charge on any atom is -0.366 e. The summed E-state index contributed by atoms with van der Waals surface area (Å²) in [6.07, 6.45) is 2.32. The fourth-order valence-corrected chi connectivity index (χ4v) is 7.17. The maximum atomic E-state index is 3.92. The van der Waals surface area contributed by atoms with Crippen LogP contribution in [0.25, 0.3) is 59.9 Å². The van der Waals surface area contributed by atoms with Crippen molar-refractivity contribution in [3.8, 4) is 11.1 Å². The predicted octanol–water partition coefficient (Wildman–Crippen LogP) is 10.9. The molecular weight excluding hydrogens is 556 g/mol. The number of hydrogen-bond acceptors (Lipinski definition) is 2. The zero-order chi connectivity index (χ0) is 30.5. The summed E-state index contributed by atoms with van der Waals surface area (Å²) in [5, 5.41) is 17.9. The number of rotatable bonds is 4. The van der Waals surface area contributed by atoms with Crippen molar-refractivity contribution in [3.05, 3.63) is 187 Å². The molecule has 1 aliphatic rings. The smallest absolute Gasteiger partial charge is 0.104 e. The molecule has 0 spiro atoms. The van der Waals surface area contributed by atoms with Crippen molar-refractivity contribution < 1.29 is 0 Å².